The molecule has 1 saturated heterocycles. The minimum Gasteiger partial charge on any atom is -0.497 e. The molecule has 3 aromatic rings. The van der Waals surface area contributed by atoms with E-state index in [2.05, 4.69) is 50.3 Å². The molecule has 6 nitrogen and oxygen atoms in total. The lowest BCUT2D eigenvalue weighted by atomic mass is 10.0. The van der Waals surface area contributed by atoms with E-state index in [-0.39, 0.29) is 12.1 Å². The summed E-state index contributed by atoms with van der Waals surface area (Å²) in [5.41, 5.74) is 4.10. The Kier molecular flexibility index (Phi) is 6.17. The van der Waals surface area contributed by atoms with Gasteiger partial charge in [0.1, 0.15) is 11.9 Å². The molecule has 33 heavy (non-hydrogen) atoms. The van der Waals surface area contributed by atoms with Gasteiger partial charge in [0.05, 0.1) is 18.4 Å². The standard InChI is InChI=1S/C27H30N4O2/c1-33-23-13-11-22(12-14-23)30-18-15-29(16-19-30)17-20-31-25-10-6-5-9-24(25)27(32)28-26(31)21-7-3-2-4-8-21/h2-14,26H,15-20H2,1H3,(H,28,32). The van der Waals surface area contributed by atoms with Crippen LogP contribution in [0.25, 0.3) is 0 Å². The largest absolute Gasteiger partial charge is 0.497 e. The number of piperazine rings is 1. The van der Waals surface area contributed by atoms with Gasteiger partial charge >= 0.3 is 0 Å². The molecule has 0 radical (unpaired) electrons. The number of anilines is 2. The third-order valence-corrected chi connectivity index (χ3v) is 6.62. The number of nitrogens with one attached hydrogen (secondary N) is 1. The molecule has 0 aromatic heterocycles. The van der Waals surface area contributed by atoms with Gasteiger partial charge in [-0.15, -0.1) is 0 Å². The summed E-state index contributed by atoms with van der Waals surface area (Å²) in [5, 5.41) is 3.21. The number of carbonyl (C=O) groups is 1. The predicted molar refractivity (Wildman–Crippen MR) is 132 cm³/mol. The summed E-state index contributed by atoms with van der Waals surface area (Å²) in [5.74, 6) is 0.878. The maximum atomic E-state index is 12.8. The Hall–Kier alpha value is -3.51. The second-order valence-electron chi connectivity index (χ2n) is 8.52. The molecule has 0 spiro atoms. The van der Waals surface area contributed by atoms with Gasteiger partial charge in [-0.05, 0) is 42.0 Å². The molecule has 0 saturated carbocycles. The fraction of sp³-hybridized carbons (Fsp3) is 0.296. The predicted octanol–water partition coefficient (Wildman–Crippen LogP) is 3.77. The minimum absolute atomic E-state index is 0.0104. The van der Waals surface area contributed by atoms with Gasteiger partial charge < -0.3 is 19.9 Å². The Labute approximate surface area is 195 Å². The van der Waals surface area contributed by atoms with Crippen LogP contribution in [0.2, 0.25) is 0 Å². The lowest BCUT2D eigenvalue weighted by Crippen LogP contribution is -2.52. The maximum Gasteiger partial charge on any atom is 0.255 e. The highest BCUT2D eigenvalue weighted by Gasteiger charge is 2.31. The molecule has 6 heteroatoms. The van der Waals surface area contributed by atoms with Crippen molar-refractivity contribution in [3.63, 3.8) is 0 Å². The quantitative estimate of drug-likeness (QED) is 0.630. The lowest BCUT2D eigenvalue weighted by molar-refractivity contribution is 0.0925. The van der Waals surface area contributed by atoms with Crippen LogP contribution in [0, 0.1) is 0 Å². The summed E-state index contributed by atoms with van der Waals surface area (Å²) in [4.78, 5) is 20.1. The normalized spacial score (nSPS) is 18.6. The topological polar surface area (TPSA) is 48.1 Å². The fourth-order valence-electron chi connectivity index (χ4n) is 4.76. The first-order valence-electron chi connectivity index (χ1n) is 11.6. The van der Waals surface area contributed by atoms with Gasteiger partial charge in [-0.3, -0.25) is 9.69 Å². The number of hydrogen-bond acceptors (Lipinski definition) is 5. The highest BCUT2D eigenvalue weighted by atomic mass is 16.5. The fourth-order valence-corrected chi connectivity index (χ4v) is 4.76. The molecule has 0 bridgehead atoms. The van der Waals surface area contributed by atoms with E-state index in [1.54, 1.807) is 7.11 Å². The van der Waals surface area contributed by atoms with Gasteiger partial charge in [0.15, 0.2) is 0 Å². The number of hydrogen-bond donors (Lipinski definition) is 1. The van der Waals surface area contributed by atoms with Crippen LogP contribution in [-0.2, 0) is 0 Å². The van der Waals surface area contributed by atoms with Crippen LogP contribution in [0.4, 0.5) is 11.4 Å². The number of amides is 1. The molecular formula is C27H30N4O2. The Bertz CT molecular complexity index is 1080. The highest BCUT2D eigenvalue weighted by molar-refractivity contribution is 6.02. The Morgan fingerprint density at radius 2 is 1.55 bits per heavy atom. The van der Waals surface area contributed by atoms with Crippen molar-refractivity contribution in [2.45, 2.75) is 6.17 Å². The molecule has 2 aliphatic heterocycles. The van der Waals surface area contributed by atoms with Gasteiger partial charge in [-0.1, -0.05) is 42.5 Å². The van der Waals surface area contributed by atoms with E-state index >= 15 is 0 Å². The smallest absolute Gasteiger partial charge is 0.255 e. The van der Waals surface area contributed by atoms with Crippen LogP contribution in [0.3, 0.4) is 0 Å². The van der Waals surface area contributed by atoms with Gasteiger partial charge in [-0.25, -0.2) is 0 Å². The number of rotatable bonds is 6. The summed E-state index contributed by atoms with van der Waals surface area (Å²) >= 11 is 0. The molecule has 170 valence electrons. The minimum atomic E-state index is -0.158. The van der Waals surface area contributed by atoms with Crippen molar-refractivity contribution in [2.24, 2.45) is 0 Å². The van der Waals surface area contributed by atoms with E-state index in [9.17, 15) is 4.79 Å². The van der Waals surface area contributed by atoms with Gasteiger partial charge in [0, 0.05) is 45.0 Å². The van der Waals surface area contributed by atoms with Crippen molar-refractivity contribution in [2.75, 3.05) is 56.2 Å². The average Bonchev–Trinajstić information content (AvgIpc) is 2.89. The third kappa shape index (κ3) is 4.52. The Balaban J connectivity index is 1.26. The lowest BCUT2D eigenvalue weighted by Gasteiger charge is -2.41. The molecule has 3 aromatic carbocycles. The monoisotopic (exact) mass is 442 g/mol. The Morgan fingerprint density at radius 1 is 0.848 bits per heavy atom. The molecule has 5 rings (SSSR count). The number of benzene rings is 3. The zero-order valence-corrected chi connectivity index (χ0v) is 19.0. The van der Waals surface area contributed by atoms with Crippen LogP contribution < -0.4 is 19.9 Å². The molecule has 2 aliphatic rings. The van der Waals surface area contributed by atoms with Crippen molar-refractivity contribution < 1.29 is 9.53 Å². The van der Waals surface area contributed by atoms with Crippen LogP contribution in [0.15, 0.2) is 78.9 Å². The molecule has 0 aliphatic carbocycles. The van der Waals surface area contributed by atoms with Crippen LogP contribution in [0.5, 0.6) is 5.75 Å². The second-order valence-corrected chi connectivity index (χ2v) is 8.52. The van der Waals surface area contributed by atoms with Crippen LogP contribution in [-0.4, -0.2) is 57.2 Å². The summed E-state index contributed by atoms with van der Waals surface area (Å²) in [6.07, 6.45) is -0.158. The van der Waals surface area contributed by atoms with Crippen molar-refractivity contribution in [3.8, 4) is 5.75 Å². The van der Waals surface area contributed by atoms with Crippen LogP contribution >= 0.6 is 0 Å². The molecule has 1 unspecified atom stereocenters. The number of nitrogens with zero attached hydrogens (tertiary/aromatic N) is 3. The first-order chi connectivity index (χ1) is 16.2. The van der Waals surface area contributed by atoms with E-state index in [1.807, 2.05) is 48.5 Å². The van der Waals surface area contributed by atoms with Crippen LogP contribution in [0.1, 0.15) is 22.1 Å². The first kappa shape index (κ1) is 21.3. The SMILES string of the molecule is COc1ccc(N2CCN(CCN3c4ccccc4C(=O)NC3c3ccccc3)CC2)cc1. The van der Waals surface area contributed by atoms with E-state index in [4.69, 9.17) is 4.74 Å². The first-order valence-corrected chi connectivity index (χ1v) is 11.6. The third-order valence-electron chi connectivity index (χ3n) is 6.62. The summed E-state index contributed by atoms with van der Waals surface area (Å²) in [6, 6.07) is 26.4. The summed E-state index contributed by atoms with van der Waals surface area (Å²) in [7, 11) is 1.70. The van der Waals surface area contributed by atoms with Crippen molar-refractivity contribution >= 4 is 17.3 Å². The van der Waals surface area contributed by atoms with E-state index in [0.717, 1.165) is 61.8 Å². The van der Waals surface area contributed by atoms with Crippen molar-refractivity contribution in [3.05, 3.63) is 90.0 Å². The maximum absolute atomic E-state index is 12.8. The summed E-state index contributed by atoms with van der Waals surface area (Å²) in [6.45, 7) is 5.83. The van der Waals surface area contributed by atoms with E-state index in [0.29, 0.717) is 0 Å². The number of carbonyl (C=O) groups excluding carboxylic acids is 1. The highest BCUT2D eigenvalue weighted by Crippen LogP contribution is 2.32. The van der Waals surface area contributed by atoms with Gasteiger partial charge in [0.25, 0.3) is 5.91 Å². The molecule has 1 N–H and O–H groups in total. The molecular weight excluding hydrogens is 412 g/mol. The zero-order chi connectivity index (χ0) is 22.6. The summed E-state index contributed by atoms with van der Waals surface area (Å²) < 4.78 is 5.28. The zero-order valence-electron chi connectivity index (χ0n) is 19.0. The Morgan fingerprint density at radius 3 is 2.27 bits per heavy atom. The molecule has 1 fully saturated rings. The number of para-hydroxylation sites is 1. The molecule has 1 atom stereocenters. The van der Waals surface area contributed by atoms with Crippen molar-refractivity contribution in [1.29, 1.82) is 0 Å². The van der Waals surface area contributed by atoms with E-state index < -0.39 is 0 Å². The number of fused-ring (bicyclic) bond motifs is 1. The number of methoxy groups -OCH3 is 1. The second kappa shape index (κ2) is 9.55. The van der Waals surface area contributed by atoms with Gasteiger partial charge in [0.2, 0.25) is 0 Å². The van der Waals surface area contributed by atoms with Crippen molar-refractivity contribution in [1.82, 2.24) is 10.2 Å². The average molecular weight is 443 g/mol. The molecule has 2 heterocycles. The number of ether oxygens (including phenoxy) is 1. The molecule has 1 amide bonds. The van der Waals surface area contributed by atoms with Gasteiger partial charge in [-0.2, -0.15) is 0 Å². The van der Waals surface area contributed by atoms with E-state index in [1.165, 1.54) is 5.69 Å².